The van der Waals surface area contributed by atoms with E-state index in [0.29, 0.717) is 23.5 Å². The standard InChI is InChI=1S/C26H36ClN5O2/c1-18-12-23(13-19(2)24(18)25(33)29-8-5-21-14-28-15-21)34-11-3-4-20-6-9-32(10-7-20)26-30-16-22(27)17-31-26/h12-13,16-17,20-21,28H,3-11,14-15H2,1-2H3,(H,29,33). The number of aryl methyl sites for hydroxylation is 2. The van der Waals surface area contributed by atoms with Gasteiger partial charge >= 0.3 is 0 Å². The van der Waals surface area contributed by atoms with E-state index in [1.807, 2.05) is 26.0 Å². The number of hydrogen-bond acceptors (Lipinski definition) is 6. The van der Waals surface area contributed by atoms with E-state index in [-0.39, 0.29) is 5.91 Å². The van der Waals surface area contributed by atoms with E-state index in [2.05, 4.69) is 25.5 Å². The summed E-state index contributed by atoms with van der Waals surface area (Å²) in [4.78, 5) is 23.6. The van der Waals surface area contributed by atoms with E-state index in [4.69, 9.17) is 16.3 Å². The van der Waals surface area contributed by atoms with Gasteiger partial charge in [-0.3, -0.25) is 4.79 Å². The molecule has 0 bridgehead atoms. The summed E-state index contributed by atoms with van der Waals surface area (Å²) in [6.45, 7) is 9.49. The zero-order valence-corrected chi connectivity index (χ0v) is 21.0. The Hall–Kier alpha value is -2.38. The minimum absolute atomic E-state index is 0.0178. The molecule has 1 aromatic heterocycles. The predicted molar refractivity (Wildman–Crippen MR) is 136 cm³/mol. The van der Waals surface area contributed by atoms with Gasteiger partial charge in [-0.2, -0.15) is 0 Å². The average molecular weight is 486 g/mol. The topological polar surface area (TPSA) is 79.4 Å². The number of hydrogen-bond donors (Lipinski definition) is 2. The van der Waals surface area contributed by atoms with Gasteiger partial charge in [0.05, 0.1) is 24.0 Å². The number of amides is 1. The molecule has 184 valence electrons. The van der Waals surface area contributed by atoms with E-state index in [1.54, 1.807) is 12.4 Å². The van der Waals surface area contributed by atoms with Crippen LogP contribution in [0.25, 0.3) is 0 Å². The fourth-order valence-corrected chi connectivity index (χ4v) is 4.95. The maximum Gasteiger partial charge on any atom is 0.251 e. The van der Waals surface area contributed by atoms with E-state index in [0.717, 1.165) is 93.2 Å². The monoisotopic (exact) mass is 485 g/mol. The van der Waals surface area contributed by atoms with Crippen LogP contribution in [-0.4, -0.2) is 55.2 Å². The van der Waals surface area contributed by atoms with Crippen LogP contribution >= 0.6 is 11.6 Å². The van der Waals surface area contributed by atoms with Gasteiger partial charge in [0.25, 0.3) is 5.91 Å². The van der Waals surface area contributed by atoms with Crippen molar-refractivity contribution in [3.05, 3.63) is 46.2 Å². The molecule has 1 amide bonds. The van der Waals surface area contributed by atoms with Crippen molar-refractivity contribution < 1.29 is 9.53 Å². The highest BCUT2D eigenvalue weighted by atomic mass is 35.5. The van der Waals surface area contributed by atoms with Crippen LogP contribution in [0.15, 0.2) is 24.5 Å². The minimum atomic E-state index is 0.0178. The molecule has 0 spiro atoms. The minimum Gasteiger partial charge on any atom is -0.494 e. The van der Waals surface area contributed by atoms with Gasteiger partial charge in [0.2, 0.25) is 5.95 Å². The summed E-state index contributed by atoms with van der Waals surface area (Å²) in [6, 6.07) is 3.98. The zero-order chi connectivity index (χ0) is 23.9. The lowest BCUT2D eigenvalue weighted by Crippen LogP contribution is -2.43. The van der Waals surface area contributed by atoms with Gasteiger partial charge in [-0.1, -0.05) is 11.6 Å². The van der Waals surface area contributed by atoms with Crippen molar-refractivity contribution in [3.63, 3.8) is 0 Å². The molecule has 2 aromatic rings. The van der Waals surface area contributed by atoms with Gasteiger partial charge in [-0.25, -0.2) is 9.97 Å². The molecule has 3 heterocycles. The molecule has 0 atom stereocenters. The second kappa shape index (κ2) is 11.8. The molecule has 8 heteroatoms. The first-order valence-corrected chi connectivity index (χ1v) is 12.8. The Morgan fingerprint density at radius 3 is 2.41 bits per heavy atom. The number of carbonyl (C=O) groups excluding carboxylic acids is 1. The van der Waals surface area contributed by atoms with Gasteiger partial charge in [0.15, 0.2) is 0 Å². The quantitative estimate of drug-likeness (QED) is 0.492. The van der Waals surface area contributed by atoms with E-state index >= 15 is 0 Å². The maximum absolute atomic E-state index is 12.7. The number of benzene rings is 1. The summed E-state index contributed by atoms with van der Waals surface area (Å²) in [6.07, 6.45) is 8.82. The Morgan fingerprint density at radius 1 is 1.12 bits per heavy atom. The number of nitrogens with zero attached hydrogens (tertiary/aromatic N) is 3. The lowest BCUT2D eigenvalue weighted by molar-refractivity contribution is 0.0948. The number of carbonyl (C=O) groups is 1. The third-order valence-electron chi connectivity index (χ3n) is 6.97. The Bertz CT molecular complexity index is 933. The van der Waals surface area contributed by atoms with Gasteiger partial charge in [-0.15, -0.1) is 0 Å². The first-order chi connectivity index (χ1) is 16.5. The zero-order valence-electron chi connectivity index (χ0n) is 20.3. The highest BCUT2D eigenvalue weighted by Crippen LogP contribution is 2.26. The van der Waals surface area contributed by atoms with E-state index in [9.17, 15) is 4.79 Å². The fourth-order valence-electron chi connectivity index (χ4n) is 4.85. The lowest BCUT2D eigenvalue weighted by Gasteiger charge is -2.32. The van der Waals surface area contributed by atoms with Gasteiger partial charge in [-0.05, 0) is 94.1 Å². The number of rotatable bonds is 10. The Kier molecular flexibility index (Phi) is 8.62. The molecule has 2 N–H and O–H groups in total. The Balaban J connectivity index is 1.17. The smallest absolute Gasteiger partial charge is 0.251 e. The van der Waals surface area contributed by atoms with Crippen molar-refractivity contribution in [3.8, 4) is 5.75 Å². The number of piperidine rings is 1. The molecule has 1 aromatic carbocycles. The second-order valence-electron chi connectivity index (χ2n) is 9.62. The third-order valence-corrected chi connectivity index (χ3v) is 7.16. The largest absolute Gasteiger partial charge is 0.494 e. The number of aromatic nitrogens is 2. The molecule has 4 rings (SSSR count). The summed E-state index contributed by atoms with van der Waals surface area (Å²) in [7, 11) is 0. The SMILES string of the molecule is Cc1cc(OCCCC2CCN(c3ncc(Cl)cn3)CC2)cc(C)c1C(=O)NCCC1CNC1. The Morgan fingerprint density at radius 2 is 1.79 bits per heavy atom. The first-order valence-electron chi connectivity index (χ1n) is 12.4. The van der Waals surface area contributed by atoms with Crippen molar-refractivity contribution in [1.82, 2.24) is 20.6 Å². The van der Waals surface area contributed by atoms with Crippen LogP contribution in [0.2, 0.25) is 5.02 Å². The van der Waals surface area contributed by atoms with Gasteiger partial charge in [0, 0.05) is 25.2 Å². The molecule has 2 saturated heterocycles. The molecule has 2 fully saturated rings. The molecular weight excluding hydrogens is 450 g/mol. The van der Waals surface area contributed by atoms with Crippen molar-refractivity contribution in [1.29, 1.82) is 0 Å². The van der Waals surface area contributed by atoms with Crippen molar-refractivity contribution >= 4 is 23.5 Å². The summed E-state index contributed by atoms with van der Waals surface area (Å²) in [5.41, 5.74) is 2.71. The predicted octanol–water partition coefficient (Wildman–Crippen LogP) is 4.16. The van der Waals surface area contributed by atoms with Crippen molar-refractivity contribution in [2.24, 2.45) is 11.8 Å². The van der Waals surface area contributed by atoms with Crippen molar-refractivity contribution in [2.45, 2.75) is 46.0 Å². The van der Waals surface area contributed by atoms with Crippen LogP contribution in [0.1, 0.15) is 53.6 Å². The molecule has 7 nitrogen and oxygen atoms in total. The first kappa shape index (κ1) is 24.7. The molecule has 0 saturated carbocycles. The summed E-state index contributed by atoms with van der Waals surface area (Å²) >= 11 is 5.89. The Labute approximate surface area is 207 Å². The normalized spacial score (nSPS) is 16.9. The van der Waals surface area contributed by atoms with Crippen LogP contribution in [0.3, 0.4) is 0 Å². The molecule has 2 aliphatic rings. The second-order valence-corrected chi connectivity index (χ2v) is 10.1. The molecule has 0 aliphatic carbocycles. The molecule has 34 heavy (non-hydrogen) atoms. The number of anilines is 1. The summed E-state index contributed by atoms with van der Waals surface area (Å²) < 4.78 is 6.05. The van der Waals surface area contributed by atoms with Crippen LogP contribution in [-0.2, 0) is 0 Å². The van der Waals surface area contributed by atoms with Crippen LogP contribution < -0.4 is 20.3 Å². The highest BCUT2D eigenvalue weighted by Gasteiger charge is 2.21. The van der Waals surface area contributed by atoms with E-state index < -0.39 is 0 Å². The van der Waals surface area contributed by atoms with Crippen LogP contribution in [0.5, 0.6) is 5.75 Å². The third kappa shape index (κ3) is 6.60. The summed E-state index contributed by atoms with van der Waals surface area (Å²) in [5, 5.41) is 6.92. The van der Waals surface area contributed by atoms with Crippen LogP contribution in [0.4, 0.5) is 5.95 Å². The molecule has 0 radical (unpaired) electrons. The number of ether oxygens (including phenoxy) is 1. The molecule has 0 unspecified atom stereocenters. The van der Waals surface area contributed by atoms with E-state index in [1.165, 1.54) is 0 Å². The van der Waals surface area contributed by atoms with Gasteiger partial charge in [0.1, 0.15) is 5.75 Å². The average Bonchev–Trinajstić information content (AvgIpc) is 2.79. The fraction of sp³-hybridized carbons (Fsp3) is 0.577. The van der Waals surface area contributed by atoms with Crippen LogP contribution in [0, 0.1) is 25.7 Å². The highest BCUT2D eigenvalue weighted by molar-refractivity contribution is 6.30. The number of halogens is 1. The molecular formula is C26H36ClN5O2. The lowest BCUT2D eigenvalue weighted by atomic mass is 9.92. The van der Waals surface area contributed by atoms with Crippen molar-refractivity contribution in [2.75, 3.05) is 44.2 Å². The summed E-state index contributed by atoms with van der Waals surface area (Å²) in [5.74, 6) is 3.04. The number of nitrogens with one attached hydrogen (secondary N) is 2. The van der Waals surface area contributed by atoms with Gasteiger partial charge < -0.3 is 20.3 Å². The molecule has 2 aliphatic heterocycles. The maximum atomic E-state index is 12.7.